The number of carbonyl (C=O) groups is 2. The van der Waals surface area contributed by atoms with E-state index in [9.17, 15) is 9.59 Å². The molecular weight excluding hydrogens is 230 g/mol. The van der Waals surface area contributed by atoms with Crippen LogP contribution < -0.4 is 0 Å². The van der Waals surface area contributed by atoms with Gasteiger partial charge in [0.15, 0.2) is 5.78 Å². The first kappa shape index (κ1) is 15.0. The van der Waals surface area contributed by atoms with Gasteiger partial charge in [-0.2, -0.15) is 0 Å². The lowest BCUT2D eigenvalue weighted by atomic mass is 10.0. The van der Waals surface area contributed by atoms with Crippen molar-refractivity contribution in [1.82, 2.24) is 4.90 Å². The summed E-state index contributed by atoms with van der Waals surface area (Å²) in [5.74, 6) is 0.493. The van der Waals surface area contributed by atoms with E-state index in [2.05, 4.69) is 0 Å². The van der Waals surface area contributed by atoms with Crippen molar-refractivity contribution >= 4 is 11.9 Å². The topological polar surface area (TPSA) is 46.6 Å². The molecule has 0 bridgehead atoms. The minimum atomic E-state index is -0.509. The Hall–Kier alpha value is -1.06. The lowest BCUT2D eigenvalue weighted by molar-refractivity contribution is -0.124. The van der Waals surface area contributed by atoms with Gasteiger partial charge < -0.3 is 4.74 Å². The Morgan fingerprint density at radius 1 is 1.33 bits per heavy atom. The monoisotopic (exact) mass is 255 g/mol. The Morgan fingerprint density at radius 2 is 1.94 bits per heavy atom. The summed E-state index contributed by atoms with van der Waals surface area (Å²) in [6, 6.07) is -0.276. The number of ketones is 1. The van der Waals surface area contributed by atoms with Crippen molar-refractivity contribution in [3.8, 4) is 0 Å². The van der Waals surface area contributed by atoms with Crippen LogP contribution in [0.3, 0.4) is 0 Å². The quantitative estimate of drug-likeness (QED) is 0.778. The molecule has 0 aromatic carbocycles. The molecule has 0 radical (unpaired) electrons. The molecule has 0 spiro atoms. The van der Waals surface area contributed by atoms with Crippen LogP contribution in [0.1, 0.15) is 53.9 Å². The van der Waals surface area contributed by atoms with Crippen molar-refractivity contribution in [1.29, 1.82) is 0 Å². The third-order valence-electron chi connectivity index (χ3n) is 2.86. The Labute approximate surface area is 110 Å². The van der Waals surface area contributed by atoms with Crippen molar-refractivity contribution in [2.45, 2.75) is 65.5 Å². The molecule has 1 fully saturated rings. The largest absolute Gasteiger partial charge is 0.444 e. The zero-order valence-electron chi connectivity index (χ0n) is 12.2. The molecule has 104 valence electrons. The Balaban J connectivity index is 2.64. The van der Waals surface area contributed by atoms with Gasteiger partial charge >= 0.3 is 6.09 Å². The van der Waals surface area contributed by atoms with Crippen LogP contribution in [-0.4, -0.2) is 35.0 Å². The molecule has 1 heterocycles. The summed E-state index contributed by atoms with van der Waals surface area (Å²) >= 11 is 0. The number of Topliss-reactive ketones (excluding diaryl/α,β-unsaturated/α-hetero) is 1. The van der Waals surface area contributed by atoms with E-state index in [1.165, 1.54) is 0 Å². The molecule has 1 amide bonds. The fourth-order valence-corrected chi connectivity index (χ4v) is 2.18. The van der Waals surface area contributed by atoms with Crippen LogP contribution >= 0.6 is 0 Å². The highest BCUT2D eigenvalue weighted by atomic mass is 16.6. The summed E-state index contributed by atoms with van der Waals surface area (Å²) in [5.41, 5.74) is -0.509. The fraction of sp³-hybridized carbons (Fsp3) is 0.857. The normalized spacial score (nSPS) is 20.3. The van der Waals surface area contributed by atoms with Crippen LogP contribution in [0.5, 0.6) is 0 Å². The molecule has 1 aliphatic rings. The van der Waals surface area contributed by atoms with Gasteiger partial charge in [-0.25, -0.2) is 4.79 Å². The maximum absolute atomic E-state index is 12.1. The van der Waals surface area contributed by atoms with Gasteiger partial charge in [-0.05, 0) is 39.5 Å². The van der Waals surface area contributed by atoms with Gasteiger partial charge in [-0.3, -0.25) is 9.69 Å². The number of carbonyl (C=O) groups excluding carboxylic acids is 2. The first-order valence-corrected chi connectivity index (χ1v) is 6.73. The van der Waals surface area contributed by atoms with Gasteiger partial charge in [0, 0.05) is 13.0 Å². The lowest BCUT2D eigenvalue weighted by Gasteiger charge is -2.28. The fourth-order valence-electron chi connectivity index (χ4n) is 2.18. The molecule has 0 aromatic rings. The molecule has 18 heavy (non-hydrogen) atoms. The van der Waals surface area contributed by atoms with Gasteiger partial charge in [0.05, 0.1) is 6.04 Å². The Morgan fingerprint density at radius 3 is 2.44 bits per heavy atom. The summed E-state index contributed by atoms with van der Waals surface area (Å²) in [6.45, 7) is 10.2. The van der Waals surface area contributed by atoms with Gasteiger partial charge in [-0.1, -0.05) is 13.8 Å². The predicted molar refractivity (Wildman–Crippen MR) is 70.4 cm³/mol. The van der Waals surface area contributed by atoms with Gasteiger partial charge in [-0.15, -0.1) is 0 Å². The predicted octanol–water partition coefficient (Wildman–Crippen LogP) is 3.00. The van der Waals surface area contributed by atoms with Crippen LogP contribution in [0.4, 0.5) is 4.79 Å². The van der Waals surface area contributed by atoms with Gasteiger partial charge in [0.25, 0.3) is 0 Å². The summed E-state index contributed by atoms with van der Waals surface area (Å²) < 4.78 is 5.34. The van der Waals surface area contributed by atoms with E-state index in [4.69, 9.17) is 4.74 Å². The van der Waals surface area contributed by atoms with Crippen molar-refractivity contribution in [3.05, 3.63) is 0 Å². The minimum Gasteiger partial charge on any atom is -0.444 e. The molecule has 1 rings (SSSR count). The third-order valence-corrected chi connectivity index (χ3v) is 2.86. The maximum atomic E-state index is 12.1. The number of ether oxygens (including phenoxy) is 1. The third kappa shape index (κ3) is 4.31. The van der Waals surface area contributed by atoms with Crippen molar-refractivity contribution < 1.29 is 14.3 Å². The average Bonchev–Trinajstić information content (AvgIpc) is 2.61. The average molecular weight is 255 g/mol. The van der Waals surface area contributed by atoms with E-state index in [1.54, 1.807) is 4.90 Å². The highest BCUT2D eigenvalue weighted by Crippen LogP contribution is 2.23. The number of likely N-dealkylation sites (tertiary alicyclic amines) is 1. The zero-order valence-corrected chi connectivity index (χ0v) is 12.2. The van der Waals surface area contributed by atoms with Gasteiger partial charge in [0.2, 0.25) is 0 Å². The molecular formula is C14H25NO3. The second kappa shape index (κ2) is 5.72. The molecule has 0 aliphatic carbocycles. The molecule has 0 N–H and O–H groups in total. The second-order valence-corrected chi connectivity index (χ2v) is 6.40. The van der Waals surface area contributed by atoms with Crippen LogP contribution in [-0.2, 0) is 9.53 Å². The smallest absolute Gasteiger partial charge is 0.410 e. The molecule has 0 saturated carbocycles. The number of rotatable bonds is 3. The number of hydrogen-bond donors (Lipinski definition) is 0. The van der Waals surface area contributed by atoms with E-state index in [1.807, 2.05) is 34.6 Å². The second-order valence-electron chi connectivity index (χ2n) is 6.40. The highest BCUT2D eigenvalue weighted by molar-refractivity contribution is 5.88. The van der Waals surface area contributed by atoms with E-state index in [0.717, 1.165) is 12.8 Å². The first-order valence-electron chi connectivity index (χ1n) is 6.73. The summed E-state index contributed by atoms with van der Waals surface area (Å²) in [4.78, 5) is 25.7. The number of hydrogen-bond acceptors (Lipinski definition) is 3. The molecule has 0 aromatic heterocycles. The molecule has 1 aliphatic heterocycles. The van der Waals surface area contributed by atoms with Crippen LogP contribution in [0, 0.1) is 5.92 Å². The first-order chi connectivity index (χ1) is 8.20. The molecule has 4 nitrogen and oxygen atoms in total. The highest BCUT2D eigenvalue weighted by Gasteiger charge is 2.36. The molecule has 0 unspecified atom stereocenters. The van der Waals surface area contributed by atoms with Crippen molar-refractivity contribution in [2.24, 2.45) is 5.92 Å². The molecule has 1 atom stereocenters. The minimum absolute atomic E-state index is 0.161. The Kier molecular flexibility index (Phi) is 4.77. The lowest BCUT2D eigenvalue weighted by Crippen LogP contribution is -2.43. The number of nitrogens with zero attached hydrogens (tertiary/aromatic N) is 1. The van der Waals surface area contributed by atoms with Crippen molar-refractivity contribution in [2.75, 3.05) is 6.54 Å². The zero-order chi connectivity index (χ0) is 13.9. The van der Waals surface area contributed by atoms with Gasteiger partial charge in [0.1, 0.15) is 5.60 Å². The van der Waals surface area contributed by atoms with Crippen molar-refractivity contribution in [3.63, 3.8) is 0 Å². The standard InChI is InChI=1S/C14H25NO3/c1-10(2)9-12(16)11-7-6-8-15(11)13(17)18-14(3,4)5/h10-11H,6-9H2,1-5H3/t11-/m0/s1. The SMILES string of the molecule is CC(C)CC(=O)[C@@H]1CCCN1C(=O)OC(C)(C)C. The summed E-state index contributed by atoms with van der Waals surface area (Å²) in [5, 5.41) is 0. The molecule has 4 heteroatoms. The van der Waals surface area contributed by atoms with Crippen LogP contribution in [0.15, 0.2) is 0 Å². The summed E-state index contributed by atoms with van der Waals surface area (Å²) in [7, 11) is 0. The number of amides is 1. The maximum Gasteiger partial charge on any atom is 0.410 e. The van der Waals surface area contributed by atoms with E-state index in [-0.39, 0.29) is 17.9 Å². The van der Waals surface area contributed by atoms with E-state index in [0.29, 0.717) is 18.9 Å². The Bertz CT molecular complexity index is 317. The van der Waals surface area contributed by atoms with Crippen LogP contribution in [0.2, 0.25) is 0 Å². The van der Waals surface area contributed by atoms with E-state index < -0.39 is 5.60 Å². The summed E-state index contributed by atoms with van der Waals surface area (Å²) in [6.07, 6.45) is 1.82. The van der Waals surface area contributed by atoms with E-state index >= 15 is 0 Å². The van der Waals surface area contributed by atoms with Crippen LogP contribution in [0.25, 0.3) is 0 Å². The molecule has 1 saturated heterocycles.